The average molecular weight is 485 g/mol. The van der Waals surface area contributed by atoms with E-state index in [4.69, 9.17) is 4.74 Å². The van der Waals surface area contributed by atoms with Gasteiger partial charge in [0.1, 0.15) is 5.82 Å². The van der Waals surface area contributed by atoms with Crippen LogP contribution in [-0.2, 0) is 21.1 Å². The van der Waals surface area contributed by atoms with Gasteiger partial charge in [0, 0.05) is 42.0 Å². The Morgan fingerprint density at radius 3 is 2.57 bits per heavy atom. The van der Waals surface area contributed by atoms with Crippen LogP contribution in [0, 0.1) is 12.7 Å². The number of benzene rings is 2. The lowest BCUT2D eigenvalue weighted by Crippen LogP contribution is -2.40. The van der Waals surface area contributed by atoms with E-state index in [1.165, 1.54) is 19.2 Å². The number of hydrogen-bond acceptors (Lipinski definition) is 5. The molecule has 1 amide bonds. The molecule has 0 radical (unpaired) electrons. The minimum absolute atomic E-state index is 0.0995. The fourth-order valence-electron chi connectivity index (χ4n) is 4.86. The van der Waals surface area contributed by atoms with Crippen molar-refractivity contribution in [1.82, 2.24) is 10.2 Å². The van der Waals surface area contributed by atoms with Crippen LogP contribution in [0.25, 0.3) is 10.8 Å². The summed E-state index contributed by atoms with van der Waals surface area (Å²) in [7, 11) is 1.52. The third-order valence-electron chi connectivity index (χ3n) is 7.12. The first-order chi connectivity index (χ1) is 16.5. The standard InChI is InChI=1S/C26H27F3N4O2/c1-13(16-7-6-8-19(22(16)27)26(4,28)29)30-23-18-12-21-20(11-17(18)14(2)31-32-23)25(3,35-5)24(34)33(21)15-9-10-15/h6-8,11-13,15H,9-10H2,1-5H3,(H,30,32). The Labute approximate surface area is 201 Å². The van der Waals surface area contributed by atoms with Crippen molar-refractivity contribution in [2.75, 3.05) is 17.3 Å². The molecule has 2 unspecified atom stereocenters. The number of methoxy groups -OCH3 is 1. The Bertz CT molecular complexity index is 1350. The van der Waals surface area contributed by atoms with Gasteiger partial charge in [0.25, 0.3) is 11.8 Å². The van der Waals surface area contributed by atoms with Gasteiger partial charge in [0.05, 0.1) is 23.0 Å². The van der Waals surface area contributed by atoms with Crippen LogP contribution in [0.5, 0.6) is 0 Å². The highest BCUT2D eigenvalue weighted by molar-refractivity contribution is 6.11. The zero-order valence-corrected chi connectivity index (χ0v) is 20.2. The van der Waals surface area contributed by atoms with Crippen molar-refractivity contribution in [2.45, 2.75) is 64.1 Å². The number of anilines is 2. The van der Waals surface area contributed by atoms with Crippen molar-refractivity contribution in [1.29, 1.82) is 0 Å². The van der Waals surface area contributed by atoms with Gasteiger partial charge < -0.3 is 15.0 Å². The summed E-state index contributed by atoms with van der Waals surface area (Å²) in [5.41, 5.74) is 0.536. The normalized spacial score (nSPS) is 20.9. The van der Waals surface area contributed by atoms with Crippen molar-refractivity contribution >= 4 is 28.2 Å². The van der Waals surface area contributed by atoms with Gasteiger partial charge in [-0.15, -0.1) is 5.10 Å². The largest absolute Gasteiger partial charge is 0.364 e. The van der Waals surface area contributed by atoms with E-state index in [9.17, 15) is 18.0 Å². The third-order valence-corrected chi connectivity index (χ3v) is 7.12. The molecule has 1 aliphatic heterocycles. The topological polar surface area (TPSA) is 67.3 Å². The van der Waals surface area contributed by atoms with Crippen LogP contribution < -0.4 is 10.2 Å². The molecule has 1 aromatic heterocycles. The van der Waals surface area contributed by atoms with Crippen molar-refractivity contribution in [3.63, 3.8) is 0 Å². The molecule has 6 nitrogen and oxygen atoms in total. The number of aromatic nitrogens is 2. The second-order valence-corrected chi connectivity index (χ2v) is 9.66. The Hall–Kier alpha value is -3.20. The monoisotopic (exact) mass is 484 g/mol. The van der Waals surface area contributed by atoms with Crippen molar-refractivity contribution < 1.29 is 22.7 Å². The molecule has 1 fully saturated rings. The van der Waals surface area contributed by atoms with E-state index in [2.05, 4.69) is 15.5 Å². The van der Waals surface area contributed by atoms with Crippen LogP contribution in [0.2, 0.25) is 0 Å². The smallest absolute Gasteiger partial charge is 0.273 e. The number of hydrogen-bond donors (Lipinski definition) is 1. The summed E-state index contributed by atoms with van der Waals surface area (Å²) >= 11 is 0. The summed E-state index contributed by atoms with van der Waals surface area (Å²) in [5, 5.41) is 13.2. The fourth-order valence-corrected chi connectivity index (χ4v) is 4.86. The first-order valence-corrected chi connectivity index (χ1v) is 11.6. The van der Waals surface area contributed by atoms with Gasteiger partial charge in [-0.25, -0.2) is 13.2 Å². The van der Waals surface area contributed by atoms with Gasteiger partial charge in [-0.1, -0.05) is 18.2 Å². The molecule has 184 valence electrons. The molecule has 2 heterocycles. The molecular weight excluding hydrogens is 457 g/mol. The predicted octanol–water partition coefficient (Wildman–Crippen LogP) is 5.73. The minimum Gasteiger partial charge on any atom is -0.364 e. The minimum atomic E-state index is -3.30. The lowest BCUT2D eigenvalue weighted by atomic mass is 9.94. The summed E-state index contributed by atoms with van der Waals surface area (Å²) in [6, 6.07) is 7.25. The molecule has 2 atom stereocenters. The van der Waals surface area contributed by atoms with Crippen LogP contribution >= 0.6 is 0 Å². The van der Waals surface area contributed by atoms with Crippen molar-refractivity contribution in [3.8, 4) is 0 Å². The van der Waals surface area contributed by atoms with E-state index < -0.39 is 28.9 Å². The molecule has 0 bridgehead atoms. The number of nitrogens with one attached hydrogen (secondary N) is 1. The van der Waals surface area contributed by atoms with Crippen molar-refractivity contribution in [2.24, 2.45) is 0 Å². The lowest BCUT2D eigenvalue weighted by molar-refractivity contribution is -0.137. The maximum Gasteiger partial charge on any atom is 0.273 e. The summed E-state index contributed by atoms with van der Waals surface area (Å²) in [5.74, 6) is -3.98. The molecular formula is C26H27F3N4O2. The number of halogens is 3. The number of nitrogens with zero attached hydrogens (tertiary/aromatic N) is 3. The highest BCUT2D eigenvalue weighted by Gasteiger charge is 2.52. The molecule has 2 aliphatic rings. The predicted molar refractivity (Wildman–Crippen MR) is 127 cm³/mol. The molecule has 2 aromatic carbocycles. The van der Waals surface area contributed by atoms with Gasteiger partial charge in [-0.2, -0.15) is 5.10 Å². The van der Waals surface area contributed by atoms with Crippen LogP contribution in [-0.4, -0.2) is 29.3 Å². The zero-order valence-electron chi connectivity index (χ0n) is 20.2. The molecule has 35 heavy (non-hydrogen) atoms. The van der Waals surface area contributed by atoms with Crippen LogP contribution in [0.15, 0.2) is 30.3 Å². The molecule has 3 aromatic rings. The van der Waals surface area contributed by atoms with E-state index >= 15 is 0 Å². The first kappa shape index (κ1) is 23.5. The number of aryl methyl sites for hydroxylation is 1. The molecule has 0 spiro atoms. The number of carbonyl (C=O) groups excluding carboxylic acids is 1. The maximum absolute atomic E-state index is 15.0. The van der Waals surface area contributed by atoms with Gasteiger partial charge in [-0.05, 0) is 45.7 Å². The number of alkyl halides is 2. The summed E-state index contributed by atoms with van der Waals surface area (Å²) in [6.45, 7) is 5.94. The van der Waals surface area contributed by atoms with E-state index in [1.54, 1.807) is 18.7 Å². The molecule has 1 aliphatic carbocycles. The second-order valence-electron chi connectivity index (χ2n) is 9.66. The van der Waals surface area contributed by atoms with Gasteiger partial charge >= 0.3 is 0 Å². The number of ether oxygens (including phenoxy) is 1. The Kier molecular flexibility index (Phi) is 5.32. The third kappa shape index (κ3) is 3.64. The van der Waals surface area contributed by atoms with Crippen LogP contribution in [0.3, 0.4) is 0 Å². The number of carbonyl (C=O) groups is 1. The number of fused-ring (bicyclic) bond motifs is 2. The van der Waals surface area contributed by atoms with Gasteiger partial charge in [0.2, 0.25) is 0 Å². The highest BCUT2D eigenvalue weighted by Crippen LogP contribution is 2.49. The molecule has 1 N–H and O–H groups in total. The van der Waals surface area contributed by atoms with E-state index in [0.29, 0.717) is 23.8 Å². The zero-order chi connectivity index (χ0) is 25.3. The van der Waals surface area contributed by atoms with Crippen molar-refractivity contribution in [3.05, 3.63) is 58.5 Å². The number of rotatable bonds is 6. The quantitative estimate of drug-likeness (QED) is 0.484. The fraction of sp³-hybridized carbons (Fsp3) is 0.423. The second kappa shape index (κ2) is 7.91. The van der Waals surface area contributed by atoms with E-state index in [0.717, 1.165) is 35.5 Å². The number of amides is 1. The van der Waals surface area contributed by atoms with E-state index in [1.807, 2.05) is 19.1 Å². The van der Waals surface area contributed by atoms with Gasteiger partial charge in [-0.3, -0.25) is 4.79 Å². The molecule has 9 heteroatoms. The average Bonchev–Trinajstić information content (AvgIpc) is 3.61. The summed E-state index contributed by atoms with van der Waals surface area (Å²) in [4.78, 5) is 15.1. The molecule has 0 saturated heterocycles. The van der Waals surface area contributed by atoms with Crippen LogP contribution in [0.1, 0.15) is 62.0 Å². The maximum atomic E-state index is 15.0. The summed E-state index contributed by atoms with van der Waals surface area (Å²) in [6.07, 6.45) is 1.85. The SMILES string of the molecule is COC1(C)C(=O)N(C2CC2)c2cc3c(NC(C)c4cccc(C(C)(F)F)c4F)nnc(C)c3cc21. The lowest BCUT2D eigenvalue weighted by Gasteiger charge is -2.22. The molecule has 1 saturated carbocycles. The molecule has 5 rings (SSSR count). The summed E-state index contributed by atoms with van der Waals surface area (Å²) < 4.78 is 48.4. The first-order valence-electron chi connectivity index (χ1n) is 11.6. The van der Waals surface area contributed by atoms with Gasteiger partial charge in [0.15, 0.2) is 11.4 Å². The Morgan fingerprint density at radius 1 is 1.23 bits per heavy atom. The highest BCUT2D eigenvalue weighted by atomic mass is 19.3. The Balaban J connectivity index is 1.61. The van der Waals surface area contributed by atoms with Crippen LogP contribution in [0.4, 0.5) is 24.7 Å². The Morgan fingerprint density at radius 2 is 1.94 bits per heavy atom. The van der Waals surface area contributed by atoms with E-state index in [-0.39, 0.29) is 17.5 Å².